The highest BCUT2D eigenvalue weighted by Crippen LogP contribution is 2.27. The fourth-order valence-electron chi connectivity index (χ4n) is 1.20. The van der Waals surface area contributed by atoms with Crippen molar-refractivity contribution in [3.8, 4) is 5.75 Å². The van der Waals surface area contributed by atoms with E-state index in [1.54, 1.807) is 11.8 Å². The molecule has 1 rings (SSSR count). The van der Waals surface area contributed by atoms with Gasteiger partial charge < -0.3 is 4.74 Å². The first kappa shape index (κ1) is 12.1. The van der Waals surface area contributed by atoms with Crippen molar-refractivity contribution < 1.29 is 9.53 Å². The molecular formula is C12H15O2S. The Balaban J connectivity index is 3.05. The van der Waals surface area contributed by atoms with E-state index in [1.807, 2.05) is 32.2 Å². The van der Waals surface area contributed by atoms with Crippen molar-refractivity contribution in [3.63, 3.8) is 0 Å². The monoisotopic (exact) mass is 223 g/mol. The van der Waals surface area contributed by atoms with Gasteiger partial charge >= 0.3 is 5.97 Å². The molecule has 0 aliphatic heterocycles. The molecule has 2 nitrogen and oxygen atoms in total. The van der Waals surface area contributed by atoms with Crippen molar-refractivity contribution in [2.45, 2.75) is 25.7 Å². The van der Waals surface area contributed by atoms with Gasteiger partial charge in [0.15, 0.2) is 0 Å². The van der Waals surface area contributed by atoms with Crippen LogP contribution < -0.4 is 4.74 Å². The number of benzene rings is 1. The van der Waals surface area contributed by atoms with E-state index in [1.165, 1.54) is 12.8 Å². The number of carbonyl (C=O) groups is 1. The Morgan fingerprint density at radius 3 is 2.33 bits per heavy atom. The molecule has 1 aromatic rings. The summed E-state index contributed by atoms with van der Waals surface area (Å²) in [6.07, 6.45) is 2.00. The summed E-state index contributed by atoms with van der Waals surface area (Å²) in [5.74, 6) is 1.54. The van der Waals surface area contributed by atoms with Crippen LogP contribution in [0.15, 0.2) is 23.1 Å². The van der Waals surface area contributed by atoms with Gasteiger partial charge in [0.05, 0.1) is 0 Å². The van der Waals surface area contributed by atoms with E-state index in [0.29, 0.717) is 5.75 Å². The summed E-state index contributed by atoms with van der Waals surface area (Å²) >= 11 is 1.64. The van der Waals surface area contributed by atoms with Crippen LogP contribution in [-0.4, -0.2) is 12.2 Å². The standard InChI is InChI=1S/C12H15O2S/c1-8(2)10-5-11(14-9(3)13)7-12(6-10)15-4/h5-7H,1-4H3. The van der Waals surface area contributed by atoms with Crippen LogP contribution in [-0.2, 0) is 4.79 Å². The molecule has 0 aromatic heterocycles. The molecule has 0 spiro atoms. The SMILES string of the molecule is CSc1cc(OC(C)=O)cc([C](C)C)c1. The van der Waals surface area contributed by atoms with Crippen molar-refractivity contribution in [2.24, 2.45) is 0 Å². The molecule has 3 heteroatoms. The van der Waals surface area contributed by atoms with Crippen LogP contribution in [0.2, 0.25) is 0 Å². The number of hydrogen-bond donors (Lipinski definition) is 0. The largest absolute Gasteiger partial charge is 0.427 e. The summed E-state index contributed by atoms with van der Waals surface area (Å²) in [5.41, 5.74) is 1.11. The first-order chi connectivity index (χ1) is 7.02. The van der Waals surface area contributed by atoms with E-state index in [-0.39, 0.29) is 5.97 Å². The third kappa shape index (κ3) is 3.59. The topological polar surface area (TPSA) is 26.3 Å². The van der Waals surface area contributed by atoms with Gasteiger partial charge in [-0.25, -0.2) is 0 Å². The van der Waals surface area contributed by atoms with Crippen LogP contribution in [0.25, 0.3) is 0 Å². The maximum atomic E-state index is 10.9. The summed E-state index contributed by atoms with van der Waals surface area (Å²) in [4.78, 5) is 12.0. The van der Waals surface area contributed by atoms with Crippen molar-refractivity contribution in [2.75, 3.05) is 6.26 Å². The van der Waals surface area contributed by atoms with Crippen LogP contribution >= 0.6 is 11.8 Å². The minimum Gasteiger partial charge on any atom is -0.427 e. The Morgan fingerprint density at radius 2 is 1.87 bits per heavy atom. The number of hydrogen-bond acceptors (Lipinski definition) is 3. The van der Waals surface area contributed by atoms with Crippen LogP contribution in [0.1, 0.15) is 26.3 Å². The van der Waals surface area contributed by atoms with Crippen molar-refractivity contribution >= 4 is 17.7 Å². The molecule has 15 heavy (non-hydrogen) atoms. The highest BCUT2D eigenvalue weighted by molar-refractivity contribution is 7.98. The maximum Gasteiger partial charge on any atom is 0.308 e. The van der Waals surface area contributed by atoms with E-state index in [4.69, 9.17) is 4.74 Å². The average molecular weight is 223 g/mol. The molecule has 0 aliphatic carbocycles. The Kier molecular flexibility index (Phi) is 4.21. The van der Waals surface area contributed by atoms with Crippen LogP contribution in [0.5, 0.6) is 5.75 Å². The quantitative estimate of drug-likeness (QED) is 0.447. The first-order valence-corrected chi connectivity index (χ1v) is 5.93. The zero-order valence-electron chi connectivity index (χ0n) is 9.46. The average Bonchev–Trinajstić information content (AvgIpc) is 2.16. The van der Waals surface area contributed by atoms with E-state index < -0.39 is 0 Å². The molecule has 0 unspecified atom stereocenters. The first-order valence-electron chi connectivity index (χ1n) is 4.71. The summed E-state index contributed by atoms with van der Waals surface area (Å²) in [6.45, 7) is 5.49. The van der Waals surface area contributed by atoms with Gasteiger partial charge in [-0.3, -0.25) is 4.79 Å². The normalized spacial score (nSPS) is 10.5. The number of esters is 1. The highest BCUT2D eigenvalue weighted by atomic mass is 32.2. The molecule has 0 fully saturated rings. The molecule has 0 heterocycles. The Hall–Kier alpha value is -0.960. The van der Waals surface area contributed by atoms with Gasteiger partial charge in [0.1, 0.15) is 5.75 Å². The zero-order chi connectivity index (χ0) is 11.4. The van der Waals surface area contributed by atoms with Crippen molar-refractivity contribution in [1.82, 2.24) is 0 Å². The molecule has 81 valence electrons. The van der Waals surface area contributed by atoms with Gasteiger partial charge in [-0.05, 0) is 35.9 Å². The summed E-state index contributed by atoms with van der Waals surface area (Å²) in [7, 11) is 0. The molecule has 0 aliphatic rings. The summed E-state index contributed by atoms with van der Waals surface area (Å²) in [6, 6.07) is 5.85. The predicted octanol–water partition coefficient (Wildman–Crippen LogP) is 3.30. The fraction of sp³-hybridized carbons (Fsp3) is 0.333. The van der Waals surface area contributed by atoms with Crippen molar-refractivity contribution in [3.05, 3.63) is 29.7 Å². The second-order valence-corrected chi connectivity index (χ2v) is 4.37. The lowest BCUT2D eigenvalue weighted by molar-refractivity contribution is -0.131. The molecule has 0 saturated carbocycles. The molecule has 0 saturated heterocycles. The second-order valence-electron chi connectivity index (χ2n) is 3.49. The zero-order valence-corrected chi connectivity index (χ0v) is 10.3. The van der Waals surface area contributed by atoms with Gasteiger partial charge in [0, 0.05) is 11.8 Å². The molecule has 1 radical (unpaired) electrons. The third-order valence-electron chi connectivity index (χ3n) is 1.95. The predicted molar refractivity (Wildman–Crippen MR) is 63.2 cm³/mol. The molecule has 0 amide bonds. The maximum absolute atomic E-state index is 10.9. The number of ether oxygens (including phenoxy) is 1. The van der Waals surface area contributed by atoms with Crippen LogP contribution in [0, 0.1) is 5.92 Å². The van der Waals surface area contributed by atoms with Gasteiger partial charge in [-0.2, -0.15) is 0 Å². The minimum atomic E-state index is -0.284. The van der Waals surface area contributed by atoms with Gasteiger partial charge in [0.25, 0.3) is 0 Å². The lowest BCUT2D eigenvalue weighted by atomic mass is 10.0. The Bertz CT molecular complexity index is 359. The van der Waals surface area contributed by atoms with E-state index in [0.717, 1.165) is 10.5 Å². The molecule has 0 N–H and O–H groups in total. The van der Waals surface area contributed by atoms with Gasteiger partial charge in [0.2, 0.25) is 0 Å². The van der Waals surface area contributed by atoms with E-state index >= 15 is 0 Å². The minimum absolute atomic E-state index is 0.284. The Labute approximate surface area is 95.0 Å². The smallest absolute Gasteiger partial charge is 0.308 e. The van der Waals surface area contributed by atoms with Crippen molar-refractivity contribution in [1.29, 1.82) is 0 Å². The summed E-state index contributed by atoms with van der Waals surface area (Å²) < 4.78 is 5.08. The number of carbonyl (C=O) groups excluding carboxylic acids is 1. The molecule has 0 atom stereocenters. The molecule has 1 aromatic carbocycles. The van der Waals surface area contributed by atoms with Gasteiger partial charge in [-0.1, -0.05) is 13.8 Å². The third-order valence-corrected chi connectivity index (χ3v) is 2.66. The van der Waals surface area contributed by atoms with Crippen LogP contribution in [0.4, 0.5) is 0 Å². The lowest BCUT2D eigenvalue weighted by Gasteiger charge is -2.10. The van der Waals surface area contributed by atoms with E-state index in [2.05, 4.69) is 6.07 Å². The van der Waals surface area contributed by atoms with Gasteiger partial charge in [-0.15, -0.1) is 11.8 Å². The fourth-order valence-corrected chi connectivity index (χ4v) is 1.68. The molecular weight excluding hydrogens is 208 g/mol. The molecule has 0 bridgehead atoms. The second kappa shape index (κ2) is 5.21. The lowest BCUT2D eigenvalue weighted by Crippen LogP contribution is -2.02. The highest BCUT2D eigenvalue weighted by Gasteiger charge is 2.06. The number of rotatable bonds is 3. The van der Waals surface area contributed by atoms with Crippen LogP contribution in [0.3, 0.4) is 0 Å². The van der Waals surface area contributed by atoms with E-state index in [9.17, 15) is 4.79 Å². The summed E-state index contributed by atoms with van der Waals surface area (Å²) in [5, 5.41) is 0. The number of thioether (sulfide) groups is 1. The Morgan fingerprint density at radius 1 is 1.20 bits per heavy atom.